The fourth-order valence-corrected chi connectivity index (χ4v) is 3.12. The number of aliphatic hydroxyl groups is 1. The summed E-state index contributed by atoms with van der Waals surface area (Å²) in [4.78, 5) is 13.2. The van der Waals surface area contributed by atoms with Crippen LogP contribution in [0.15, 0.2) is 48.5 Å². The van der Waals surface area contributed by atoms with Crippen molar-refractivity contribution in [1.82, 2.24) is 4.90 Å². The van der Waals surface area contributed by atoms with Crippen molar-refractivity contribution in [3.63, 3.8) is 0 Å². The number of hydrogen-bond acceptors (Lipinski definition) is 3. The van der Waals surface area contributed by atoms with Crippen LogP contribution in [0.25, 0.3) is 0 Å². The van der Waals surface area contributed by atoms with Gasteiger partial charge in [0.2, 0.25) is 5.91 Å². The van der Waals surface area contributed by atoms with Crippen LogP contribution in [-0.2, 0) is 6.54 Å². The zero-order valence-corrected chi connectivity index (χ0v) is 12.7. The number of halogens is 1. The Labute approximate surface area is 134 Å². The highest BCUT2D eigenvalue weighted by Crippen LogP contribution is 2.33. The van der Waals surface area contributed by atoms with Gasteiger partial charge in [0, 0.05) is 24.7 Å². The number of benzene rings is 2. The molecule has 5 heteroatoms. The first-order valence-corrected chi connectivity index (χ1v) is 7.59. The van der Waals surface area contributed by atoms with Gasteiger partial charge in [0.15, 0.2) is 0 Å². The van der Waals surface area contributed by atoms with E-state index in [0.29, 0.717) is 25.1 Å². The number of aliphatic hydroxyl groups excluding tert-OH is 1. The summed E-state index contributed by atoms with van der Waals surface area (Å²) >= 11 is 0. The van der Waals surface area contributed by atoms with Crippen molar-refractivity contribution in [3.05, 3.63) is 71.0 Å². The zero-order valence-electron chi connectivity index (χ0n) is 12.7. The largest absolute Gasteiger partial charge is 0.392 e. The van der Waals surface area contributed by atoms with E-state index < -0.39 is 12.0 Å². The normalized spacial score (nSPS) is 21.5. The van der Waals surface area contributed by atoms with Gasteiger partial charge in [-0.1, -0.05) is 24.3 Å². The van der Waals surface area contributed by atoms with E-state index in [1.165, 1.54) is 12.1 Å². The van der Waals surface area contributed by atoms with Gasteiger partial charge in [-0.3, -0.25) is 9.69 Å². The Morgan fingerprint density at radius 1 is 1.26 bits per heavy atom. The second kappa shape index (κ2) is 6.48. The second-order valence-corrected chi connectivity index (χ2v) is 5.95. The van der Waals surface area contributed by atoms with Crippen LogP contribution in [0.5, 0.6) is 0 Å². The van der Waals surface area contributed by atoms with Gasteiger partial charge in [-0.25, -0.2) is 4.39 Å². The molecule has 0 bridgehead atoms. The van der Waals surface area contributed by atoms with E-state index in [1.807, 2.05) is 18.2 Å². The van der Waals surface area contributed by atoms with Crippen molar-refractivity contribution in [2.45, 2.75) is 25.1 Å². The lowest BCUT2D eigenvalue weighted by molar-refractivity contribution is 0.1000. The lowest BCUT2D eigenvalue weighted by atomic mass is 10.0. The Morgan fingerprint density at radius 3 is 2.65 bits per heavy atom. The number of nitrogens with zero attached hydrogens (tertiary/aromatic N) is 1. The molecule has 0 aromatic heterocycles. The first-order chi connectivity index (χ1) is 11.0. The highest BCUT2D eigenvalue weighted by molar-refractivity contribution is 5.92. The summed E-state index contributed by atoms with van der Waals surface area (Å²) in [6.45, 7) is 1.16. The van der Waals surface area contributed by atoms with Gasteiger partial charge in [0.05, 0.1) is 6.10 Å². The number of nitrogens with two attached hydrogens (primary N) is 1. The summed E-state index contributed by atoms with van der Waals surface area (Å²) in [7, 11) is 0. The lowest BCUT2D eigenvalue weighted by Gasteiger charge is -2.24. The topological polar surface area (TPSA) is 66.6 Å². The number of β-amino-alcohol motifs (C(OH)–C–C–N with tert-alkyl or cyclic N) is 1. The van der Waals surface area contributed by atoms with Gasteiger partial charge in [0.25, 0.3) is 0 Å². The molecule has 4 nitrogen and oxygen atoms in total. The van der Waals surface area contributed by atoms with E-state index in [0.717, 1.165) is 11.1 Å². The minimum absolute atomic E-state index is 0.0171. The predicted octanol–water partition coefficient (Wildman–Crippen LogP) is 2.23. The highest BCUT2D eigenvalue weighted by atomic mass is 19.1. The molecule has 1 fully saturated rings. The molecule has 2 aromatic carbocycles. The summed E-state index contributed by atoms with van der Waals surface area (Å²) in [5.74, 6) is -0.722. The van der Waals surface area contributed by atoms with Crippen LogP contribution in [-0.4, -0.2) is 28.6 Å². The Balaban J connectivity index is 1.78. The number of amides is 1. The van der Waals surface area contributed by atoms with Crippen molar-refractivity contribution < 1.29 is 14.3 Å². The van der Waals surface area contributed by atoms with Crippen LogP contribution in [0.2, 0.25) is 0 Å². The maximum atomic E-state index is 13.5. The molecule has 2 atom stereocenters. The van der Waals surface area contributed by atoms with E-state index in [1.54, 1.807) is 18.2 Å². The van der Waals surface area contributed by atoms with Crippen LogP contribution in [0.4, 0.5) is 4.39 Å². The number of carbonyl (C=O) groups excluding carboxylic acids is 1. The van der Waals surface area contributed by atoms with Gasteiger partial charge in [-0.15, -0.1) is 0 Å². The lowest BCUT2D eigenvalue weighted by Crippen LogP contribution is -2.24. The van der Waals surface area contributed by atoms with E-state index in [9.17, 15) is 14.3 Å². The molecule has 1 heterocycles. The van der Waals surface area contributed by atoms with Crippen molar-refractivity contribution in [2.75, 3.05) is 6.54 Å². The minimum Gasteiger partial charge on any atom is -0.392 e. The van der Waals surface area contributed by atoms with Gasteiger partial charge in [-0.05, 0) is 41.8 Å². The summed E-state index contributed by atoms with van der Waals surface area (Å²) in [6.07, 6.45) is 0.163. The zero-order chi connectivity index (χ0) is 16.4. The van der Waals surface area contributed by atoms with Gasteiger partial charge in [-0.2, -0.15) is 0 Å². The van der Waals surface area contributed by atoms with Crippen LogP contribution >= 0.6 is 0 Å². The molecule has 0 aliphatic carbocycles. The highest BCUT2D eigenvalue weighted by Gasteiger charge is 2.32. The van der Waals surface area contributed by atoms with Gasteiger partial charge >= 0.3 is 0 Å². The predicted molar refractivity (Wildman–Crippen MR) is 85.1 cm³/mol. The van der Waals surface area contributed by atoms with Crippen LogP contribution in [0, 0.1) is 5.82 Å². The van der Waals surface area contributed by atoms with Gasteiger partial charge in [0.1, 0.15) is 5.82 Å². The average Bonchev–Trinajstić information content (AvgIpc) is 2.88. The molecule has 0 radical (unpaired) electrons. The molecule has 1 aliphatic rings. The third-order valence-electron chi connectivity index (χ3n) is 4.24. The average molecular weight is 314 g/mol. The van der Waals surface area contributed by atoms with Crippen LogP contribution in [0.3, 0.4) is 0 Å². The van der Waals surface area contributed by atoms with E-state index >= 15 is 0 Å². The third kappa shape index (κ3) is 3.57. The molecule has 1 aliphatic heterocycles. The number of hydrogen-bond donors (Lipinski definition) is 2. The van der Waals surface area contributed by atoms with E-state index in [4.69, 9.17) is 5.73 Å². The van der Waals surface area contributed by atoms with E-state index in [-0.39, 0.29) is 11.9 Å². The van der Waals surface area contributed by atoms with Crippen molar-refractivity contribution in [1.29, 1.82) is 0 Å². The molecule has 23 heavy (non-hydrogen) atoms. The maximum absolute atomic E-state index is 13.5. The monoisotopic (exact) mass is 314 g/mol. The molecule has 120 valence electrons. The number of carbonyl (C=O) groups is 1. The fourth-order valence-electron chi connectivity index (χ4n) is 3.12. The molecule has 3 rings (SSSR count). The summed E-state index contributed by atoms with van der Waals surface area (Å²) in [6, 6.07) is 13.6. The van der Waals surface area contributed by atoms with Crippen LogP contribution < -0.4 is 5.73 Å². The SMILES string of the molecule is NC(=O)c1ccc(CN2C[C@@H](O)C[C@@H]2c2cccc(F)c2)cc1. The second-order valence-electron chi connectivity index (χ2n) is 5.95. The molecular formula is C18H19FN2O2. The standard InChI is InChI=1S/C18H19FN2O2/c19-15-3-1-2-14(8-15)17-9-16(22)11-21(17)10-12-4-6-13(7-5-12)18(20)23/h1-8,16-17,22H,9-11H2,(H2,20,23)/t16-,17+/m0/s1. The molecule has 0 unspecified atom stereocenters. The Bertz CT molecular complexity index is 702. The third-order valence-corrected chi connectivity index (χ3v) is 4.24. The molecule has 2 aromatic rings. The fraction of sp³-hybridized carbons (Fsp3) is 0.278. The smallest absolute Gasteiger partial charge is 0.248 e. The maximum Gasteiger partial charge on any atom is 0.248 e. The van der Waals surface area contributed by atoms with Crippen molar-refractivity contribution in [3.8, 4) is 0 Å². The molecule has 0 saturated carbocycles. The number of likely N-dealkylation sites (tertiary alicyclic amines) is 1. The van der Waals surface area contributed by atoms with Crippen molar-refractivity contribution >= 4 is 5.91 Å². The van der Waals surface area contributed by atoms with Gasteiger partial charge < -0.3 is 10.8 Å². The van der Waals surface area contributed by atoms with Crippen molar-refractivity contribution in [2.24, 2.45) is 5.73 Å². The Hall–Kier alpha value is -2.24. The van der Waals surface area contributed by atoms with Crippen LogP contribution in [0.1, 0.15) is 33.9 Å². The minimum atomic E-state index is -0.453. The first-order valence-electron chi connectivity index (χ1n) is 7.59. The molecule has 1 amide bonds. The molecule has 0 spiro atoms. The molecular weight excluding hydrogens is 295 g/mol. The molecule has 3 N–H and O–H groups in total. The number of rotatable bonds is 4. The number of primary amides is 1. The van der Waals surface area contributed by atoms with E-state index in [2.05, 4.69) is 4.90 Å². The first kappa shape index (κ1) is 15.6. The summed E-state index contributed by atoms with van der Waals surface area (Å²) in [5.41, 5.74) is 7.60. The Morgan fingerprint density at radius 2 is 2.00 bits per heavy atom. The summed E-state index contributed by atoms with van der Waals surface area (Å²) < 4.78 is 13.5. The Kier molecular flexibility index (Phi) is 4.41. The molecule has 1 saturated heterocycles. The summed E-state index contributed by atoms with van der Waals surface area (Å²) in [5, 5.41) is 10.00. The quantitative estimate of drug-likeness (QED) is 0.909.